The molecule has 152 valence electrons. The van der Waals surface area contributed by atoms with Crippen molar-refractivity contribution >= 4 is 17.2 Å². The van der Waals surface area contributed by atoms with E-state index in [2.05, 4.69) is 38.6 Å². The largest absolute Gasteiger partial charge is 0.481 e. The van der Waals surface area contributed by atoms with Crippen LogP contribution in [0.5, 0.6) is 0 Å². The summed E-state index contributed by atoms with van der Waals surface area (Å²) in [6.45, 7) is 11.0. The Kier molecular flexibility index (Phi) is 7.98. The first-order valence-electron chi connectivity index (χ1n) is 9.70. The predicted molar refractivity (Wildman–Crippen MR) is 122 cm³/mol. The van der Waals surface area contributed by atoms with E-state index in [4.69, 9.17) is 10.9 Å². The monoisotopic (exact) mass is 390 g/mol. The van der Waals surface area contributed by atoms with E-state index >= 15 is 0 Å². The highest BCUT2D eigenvalue weighted by atomic mass is 16.4. The zero-order valence-corrected chi connectivity index (χ0v) is 17.5. The van der Waals surface area contributed by atoms with Crippen molar-refractivity contribution in [2.45, 2.75) is 33.6 Å². The number of rotatable bonds is 9. The Morgan fingerprint density at radius 3 is 2.34 bits per heavy atom. The van der Waals surface area contributed by atoms with E-state index < -0.39 is 5.97 Å². The van der Waals surface area contributed by atoms with Gasteiger partial charge < -0.3 is 10.1 Å². The second-order valence-electron chi connectivity index (χ2n) is 7.35. The van der Waals surface area contributed by atoms with E-state index in [0.29, 0.717) is 13.0 Å². The van der Waals surface area contributed by atoms with Gasteiger partial charge in [-0.3, -0.25) is 4.79 Å². The van der Waals surface area contributed by atoms with Crippen LogP contribution >= 0.6 is 0 Å². The normalized spacial score (nSPS) is 11.7. The number of carboxylic acids is 1. The second kappa shape index (κ2) is 10.4. The molecule has 0 saturated carbocycles. The highest BCUT2D eigenvalue weighted by Gasteiger charge is 2.05. The Morgan fingerprint density at radius 2 is 1.76 bits per heavy atom. The van der Waals surface area contributed by atoms with Crippen molar-refractivity contribution in [3.63, 3.8) is 0 Å². The predicted octanol–water partition coefficient (Wildman–Crippen LogP) is 5.22. The van der Waals surface area contributed by atoms with Crippen LogP contribution in [0.15, 0.2) is 72.8 Å². The van der Waals surface area contributed by atoms with Gasteiger partial charge in [0.05, 0.1) is 12.2 Å². The number of hydrogen-bond acceptors (Lipinski definition) is 3. The van der Waals surface area contributed by atoms with E-state index in [0.717, 1.165) is 22.4 Å². The van der Waals surface area contributed by atoms with E-state index in [1.165, 1.54) is 16.7 Å². The minimum absolute atomic E-state index is 0.132. The molecule has 2 aromatic carbocycles. The first-order chi connectivity index (χ1) is 13.8. The molecule has 0 radical (unpaired) electrons. The molecule has 0 heterocycles. The summed E-state index contributed by atoms with van der Waals surface area (Å²) in [7, 11) is 0. The fraction of sp³-hybridized carbons (Fsp3) is 0.240. The summed E-state index contributed by atoms with van der Waals surface area (Å²) in [6.07, 6.45) is 6.73. The Labute approximate surface area is 173 Å². The van der Waals surface area contributed by atoms with Crippen LogP contribution in [0, 0.1) is 13.8 Å². The van der Waals surface area contributed by atoms with Gasteiger partial charge >= 0.3 is 5.97 Å². The fourth-order valence-electron chi connectivity index (χ4n) is 3.25. The number of aliphatic carboxylic acids is 1. The molecular weight excluding hydrogens is 360 g/mol. The topological polar surface area (TPSA) is 66.6 Å². The Balaban J connectivity index is 1.95. The Bertz CT molecular complexity index is 904. The summed E-state index contributed by atoms with van der Waals surface area (Å²) >= 11 is 0. The first kappa shape index (κ1) is 22.2. The average molecular weight is 391 g/mol. The number of allylic oxidation sites excluding steroid dienone is 4. The summed E-state index contributed by atoms with van der Waals surface area (Å²) in [5, 5.41) is 10.4. The summed E-state index contributed by atoms with van der Waals surface area (Å²) in [6, 6.07) is 13.9. The molecule has 0 aromatic heterocycles. The molecule has 2 aromatic rings. The number of hydrogen-bond donors (Lipinski definition) is 2. The third kappa shape index (κ3) is 6.77. The van der Waals surface area contributed by atoms with Crippen molar-refractivity contribution in [1.82, 2.24) is 0 Å². The lowest BCUT2D eigenvalue weighted by molar-refractivity contribution is -0.136. The standard InChI is InChI=1S/C25H30N2O2/c1-18(7-5-8-19(2)25-20(3)9-6-10-21(25)4)17-27(26)23-14-11-22(12-15-23)13-16-24(28)29/h5-12,14-15H,2,13,16-17,26H2,1,3-4H3,(H,28,29)/b8-5-,18-7+. The number of nitrogens with two attached hydrogens (primary N) is 1. The lowest BCUT2D eigenvalue weighted by Gasteiger charge is -2.19. The molecule has 0 aliphatic carbocycles. The number of hydrazine groups is 1. The van der Waals surface area contributed by atoms with E-state index in [-0.39, 0.29) is 6.42 Å². The molecule has 0 amide bonds. The molecule has 4 nitrogen and oxygen atoms in total. The molecule has 0 spiro atoms. The van der Waals surface area contributed by atoms with Gasteiger partial charge in [0, 0.05) is 6.42 Å². The average Bonchev–Trinajstić information content (AvgIpc) is 2.66. The van der Waals surface area contributed by atoms with Gasteiger partial charge in [0.1, 0.15) is 0 Å². The van der Waals surface area contributed by atoms with Crippen molar-refractivity contribution in [3.05, 3.63) is 95.1 Å². The molecule has 0 bridgehead atoms. The molecule has 0 atom stereocenters. The lowest BCUT2D eigenvalue weighted by atomic mass is 9.96. The number of nitrogens with zero attached hydrogens (tertiary/aromatic N) is 1. The molecule has 0 aliphatic heterocycles. The number of anilines is 1. The SMILES string of the molecule is C=C(/C=C\C=C(/C)CN(N)c1ccc(CCC(=O)O)cc1)c1c(C)cccc1C. The van der Waals surface area contributed by atoms with E-state index in [1.54, 1.807) is 5.01 Å². The maximum Gasteiger partial charge on any atom is 0.303 e. The Morgan fingerprint density at radius 1 is 1.14 bits per heavy atom. The van der Waals surface area contributed by atoms with Crippen LogP contribution in [0.2, 0.25) is 0 Å². The summed E-state index contributed by atoms with van der Waals surface area (Å²) in [5.74, 6) is 5.40. The second-order valence-corrected chi connectivity index (χ2v) is 7.35. The quantitative estimate of drug-likeness (QED) is 0.350. The summed E-state index contributed by atoms with van der Waals surface area (Å²) in [5.41, 5.74) is 7.63. The maximum absolute atomic E-state index is 10.7. The lowest BCUT2D eigenvalue weighted by Crippen LogP contribution is -2.32. The molecule has 29 heavy (non-hydrogen) atoms. The number of aryl methyl sites for hydroxylation is 3. The maximum atomic E-state index is 10.7. The van der Waals surface area contributed by atoms with Crippen LogP contribution in [0.25, 0.3) is 5.57 Å². The third-order valence-corrected chi connectivity index (χ3v) is 4.80. The van der Waals surface area contributed by atoms with Crippen molar-refractivity contribution < 1.29 is 9.90 Å². The molecule has 4 heteroatoms. The van der Waals surface area contributed by atoms with Crippen molar-refractivity contribution in [1.29, 1.82) is 0 Å². The van der Waals surface area contributed by atoms with Gasteiger partial charge in [-0.1, -0.05) is 60.7 Å². The smallest absolute Gasteiger partial charge is 0.303 e. The van der Waals surface area contributed by atoms with Crippen LogP contribution < -0.4 is 10.9 Å². The zero-order valence-electron chi connectivity index (χ0n) is 17.5. The number of carbonyl (C=O) groups is 1. The molecular formula is C25H30N2O2. The highest BCUT2D eigenvalue weighted by Crippen LogP contribution is 2.22. The van der Waals surface area contributed by atoms with E-state index in [9.17, 15) is 4.79 Å². The first-order valence-corrected chi connectivity index (χ1v) is 9.70. The van der Waals surface area contributed by atoms with Crippen LogP contribution in [0.1, 0.15) is 35.6 Å². The summed E-state index contributed by atoms with van der Waals surface area (Å²) < 4.78 is 0. The van der Waals surface area contributed by atoms with Gasteiger partial charge in [-0.2, -0.15) is 0 Å². The Hall–Kier alpha value is -3.11. The number of carboxylic acid groups (broad SMARTS) is 1. The molecule has 0 saturated heterocycles. The van der Waals surface area contributed by atoms with Gasteiger partial charge in [-0.25, -0.2) is 5.84 Å². The molecule has 0 fully saturated rings. The van der Waals surface area contributed by atoms with Crippen LogP contribution in [0.3, 0.4) is 0 Å². The minimum Gasteiger partial charge on any atom is -0.481 e. The van der Waals surface area contributed by atoms with Crippen molar-refractivity contribution in [2.75, 3.05) is 11.6 Å². The van der Waals surface area contributed by atoms with Gasteiger partial charge in [-0.05, 0) is 67.2 Å². The van der Waals surface area contributed by atoms with Crippen LogP contribution in [-0.2, 0) is 11.2 Å². The summed E-state index contributed by atoms with van der Waals surface area (Å²) in [4.78, 5) is 10.7. The van der Waals surface area contributed by atoms with Crippen LogP contribution in [-0.4, -0.2) is 17.6 Å². The minimum atomic E-state index is -0.788. The van der Waals surface area contributed by atoms with Crippen LogP contribution in [0.4, 0.5) is 5.69 Å². The highest BCUT2D eigenvalue weighted by molar-refractivity contribution is 5.76. The van der Waals surface area contributed by atoms with E-state index in [1.807, 2.05) is 49.4 Å². The van der Waals surface area contributed by atoms with Crippen molar-refractivity contribution in [2.24, 2.45) is 5.84 Å². The van der Waals surface area contributed by atoms with Gasteiger partial charge in [-0.15, -0.1) is 0 Å². The van der Waals surface area contributed by atoms with Crippen molar-refractivity contribution in [3.8, 4) is 0 Å². The zero-order chi connectivity index (χ0) is 21.4. The molecule has 0 aliphatic rings. The fourth-order valence-corrected chi connectivity index (χ4v) is 3.25. The number of benzene rings is 2. The molecule has 3 N–H and O–H groups in total. The molecule has 2 rings (SSSR count). The van der Waals surface area contributed by atoms with Gasteiger partial charge in [0.2, 0.25) is 0 Å². The van der Waals surface area contributed by atoms with Gasteiger partial charge in [0.25, 0.3) is 0 Å². The molecule has 0 unspecified atom stereocenters. The third-order valence-electron chi connectivity index (χ3n) is 4.80. The van der Waals surface area contributed by atoms with Gasteiger partial charge in [0.15, 0.2) is 0 Å².